The fourth-order valence-electron chi connectivity index (χ4n) is 3.13. The molecule has 1 N–H and O–H groups in total. The Bertz CT molecular complexity index is 812. The summed E-state index contributed by atoms with van der Waals surface area (Å²) >= 11 is 12.4. The van der Waals surface area contributed by atoms with Gasteiger partial charge >= 0.3 is 0 Å². The normalized spacial score (nSPS) is 11.7. The van der Waals surface area contributed by atoms with Crippen LogP contribution >= 0.6 is 23.2 Å². The van der Waals surface area contributed by atoms with Crippen molar-refractivity contribution in [3.8, 4) is 0 Å². The highest BCUT2D eigenvalue weighted by atomic mass is 35.5. The second kappa shape index (κ2) is 11.8. The van der Waals surface area contributed by atoms with E-state index in [1.54, 1.807) is 23.1 Å². The summed E-state index contributed by atoms with van der Waals surface area (Å²) in [6.07, 6.45) is 2.64. The molecule has 1 atom stereocenters. The van der Waals surface area contributed by atoms with Gasteiger partial charge in [-0.05, 0) is 36.1 Å². The van der Waals surface area contributed by atoms with E-state index in [2.05, 4.69) is 12.2 Å². The van der Waals surface area contributed by atoms with Gasteiger partial charge in [0.1, 0.15) is 6.04 Å². The standard InChI is InChI=1S/C23H28Cl2N2O2/c1-3-5-13-26-23(29)21(4-2)27(16-18-11-12-19(24)15-20(18)25)22(28)14-17-9-7-6-8-10-17/h6-12,15,21H,3-5,13-14,16H2,1-2H3,(H,26,29). The summed E-state index contributed by atoms with van der Waals surface area (Å²) in [5.74, 6) is -0.243. The van der Waals surface area contributed by atoms with Gasteiger partial charge in [0.05, 0.1) is 6.42 Å². The molecule has 156 valence electrons. The van der Waals surface area contributed by atoms with Crippen LogP contribution in [0.4, 0.5) is 0 Å². The molecule has 0 aliphatic heterocycles. The first-order chi connectivity index (χ1) is 14.0. The molecule has 1 unspecified atom stereocenters. The second-order valence-corrected chi connectivity index (χ2v) is 7.83. The summed E-state index contributed by atoms with van der Waals surface area (Å²) in [6, 6.07) is 14.2. The molecule has 29 heavy (non-hydrogen) atoms. The van der Waals surface area contributed by atoms with E-state index in [-0.39, 0.29) is 24.8 Å². The number of nitrogens with one attached hydrogen (secondary N) is 1. The van der Waals surface area contributed by atoms with Crippen LogP contribution in [-0.2, 0) is 22.6 Å². The van der Waals surface area contributed by atoms with Crippen molar-refractivity contribution in [1.82, 2.24) is 10.2 Å². The van der Waals surface area contributed by atoms with Crippen molar-refractivity contribution in [3.05, 3.63) is 69.7 Å². The van der Waals surface area contributed by atoms with Crippen LogP contribution in [0.15, 0.2) is 48.5 Å². The molecule has 6 heteroatoms. The number of carbonyl (C=O) groups is 2. The van der Waals surface area contributed by atoms with Crippen molar-refractivity contribution in [1.29, 1.82) is 0 Å². The SMILES string of the molecule is CCCCNC(=O)C(CC)N(Cc1ccc(Cl)cc1Cl)C(=O)Cc1ccccc1. The van der Waals surface area contributed by atoms with E-state index in [1.165, 1.54) is 0 Å². The second-order valence-electron chi connectivity index (χ2n) is 6.99. The first kappa shape index (κ1) is 23.2. The van der Waals surface area contributed by atoms with Crippen molar-refractivity contribution in [2.75, 3.05) is 6.54 Å². The molecule has 0 spiro atoms. The minimum Gasteiger partial charge on any atom is -0.354 e. The van der Waals surface area contributed by atoms with Crippen molar-refractivity contribution < 1.29 is 9.59 Å². The van der Waals surface area contributed by atoms with E-state index >= 15 is 0 Å². The maximum atomic E-state index is 13.2. The number of unbranched alkanes of at least 4 members (excludes halogenated alkanes) is 1. The zero-order valence-electron chi connectivity index (χ0n) is 17.0. The number of halogens is 2. The third-order valence-corrected chi connectivity index (χ3v) is 5.36. The summed E-state index contributed by atoms with van der Waals surface area (Å²) in [7, 11) is 0. The maximum Gasteiger partial charge on any atom is 0.242 e. The van der Waals surface area contributed by atoms with Crippen LogP contribution in [0.5, 0.6) is 0 Å². The Hall–Kier alpha value is -2.04. The maximum absolute atomic E-state index is 13.2. The lowest BCUT2D eigenvalue weighted by Crippen LogP contribution is -2.49. The lowest BCUT2D eigenvalue weighted by atomic mass is 10.1. The molecule has 0 saturated heterocycles. The molecule has 0 fully saturated rings. The van der Waals surface area contributed by atoms with Gasteiger partial charge in [-0.25, -0.2) is 0 Å². The van der Waals surface area contributed by atoms with Gasteiger partial charge in [0.25, 0.3) is 0 Å². The van der Waals surface area contributed by atoms with Crippen molar-refractivity contribution >= 4 is 35.0 Å². The van der Waals surface area contributed by atoms with Crippen LogP contribution in [0.3, 0.4) is 0 Å². The van der Waals surface area contributed by atoms with Gasteiger partial charge in [0.15, 0.2) is 0 Å². The predicted octanol–water partition coefficient (Wildman–Crippen LogP) is 5.26. The summed E-state index contributed by atoms with van der Waals surface area (Å²) < 4.78 is 0. The minimum absolute atomic E-state index is 0.111. The fraction of sp³-hybridized carbons (Fsp3) is 0.391. The molecule has 0 radical (unpaired) electrons. The molecule has 0 bridgehead atoms. The third kappa shape index (κ3) is 7.06. The van der Waals surface area contributed by atoms with E-state index in [0.717, 1.165) is 24.0 Å². The summed E-state index contributed by atoms with van der Waals surface area (Å²) in [5, 5.41) is 3.97. The Morgan fingerprint density at radius 3 is 2.41 bits per heavy atom. The molecular weight excluding hydrogens is 407 g/mol. The molecular formula is C23H28Cl2N2O2. The number of hydrogen-bond acceptors (Lipinski definition) is 2. The Morgan fingerprint density at radius 1 is 1.07 bits per heavy atom. The van der Waals surface area contributed by atoms with E-state index in [0.29, 0.717) is 23.0 Å². The summed E-state index contributed by atoms with van der Waals surface area (Å²) in [6.45, 7) is 4.84. The van der Waals surface area contributed by atoms with Crippen molar-refractivity contribution in [2.45, 2.75) is 52.1 Å². The average Bonchev–Trinajstić information content (AvgIpc) is 2.70. The van der Waals surface area contributed by atoms with Gasteiger partial charge in [0, 0.05) is 23.1 Å². The molecule has 2 amide bonds. The Morgan fingerprint density at radius 2 is 1.79 bits per heavy atom. The predicted molar refractivity (Wildman–Crippen MR) is 119 cm³/mol. The molecule has 0 heterocycles. The third-order valence-electron chi connectivity index (χ3n) is 4.77. The van der Waals surface area contributed by atoms with Crippen LogP contribution in [0.1, 0.15) is 44.2 Å². The fourth-order valence-corrected chi connectivity index (χ4v) is 3.60. The number of carbonyl (C=O) groups excluding carboxylic acids is 2. The van der Waals surface area contributed by atoms with Crippen molar-refractivity contribution in [2.24, 2.45) is 0 Å². The number of amides is 2. The Kier molecular flexibility index (Phi) is 9.49. The molecule has 0 aliphatic rings. The van der Waals surface area contributed by atoms with Crippen LogP contribution in [0.25, 0.3) is 0 Å². The number of benzene rings is 2. The van der Waals surface area contributed by atoms with E-state index < -0.39 is 6.04 Å². The molecule has 2 aromatic carbocycles. The summed E-state index contributed by atoms with van der Waals surface area (Å²) in [5.41, 5.74) is 1.67. The lowest BCUT2D eigenvalue weighted by Gasteiger charge is -2.31. The highest BCUT2D eigenvalue weighted by Crippen LogP contribution is 2.24. The minimum atomic E-state index is -0.560. The zero-order valence-corrected chi connectivity index (χ0v) is 18.5. The number of rotatable bonds is 10. The molecule has 0 aromatic heterocycles. The Balaban J connectivity index is 2.27. The zero-order chi connectivity index (χ0) is 21.2. The van der Waals surface area contributed by atoms with Crippen LogP contribution in [-0.4, -0.2) is 29.3 Å². The van der Waals surface area contributed by atoms with E-state index in [1.807, 2.05) is 37.3 Å². The topological polar surface area (TPSA) is 49.4 Å². The van der Waals surface area contributed by atoms with Crippen LogP contribution < -0.4 is 5.32 Å². The van der Waals surface area contributed by atoms with Gasteiger partial charge in [-0.3, -0.25) is 9.59 Å². The molecule has 0 aliphatic carbocycles. The van der Waals surface area contributed by atoms with Crippen LogP contribution in [0, 0.1) is 0 Å². The number of nitrogens with zero attached hydrogens (tertiary/aromatic N) is 1. The molecule has 2 aromatic rings. The highest BCUT2D eigenvalue weighted by Gasteiger charge is 2.29. The first-order valence-corrected chi connectivity index (χ1v) is 10.8. The van der Waals surface area contributed by atoms with Gasteiger partial charge in [-0.2, -0.15) is 0 Å². The number of hydrogen-bond donors (Lipinski definition) is 1. The highest BCUT2D eigenvalue weighted by molar-refractivity contribution is 6.35. The van der Waals surface area contributed by atoms with Gasteiger partial charge in [-0.1, -0.05) is 79.9 Å². The Labute approximate surface area is 183 Å². The molecule has 4 nitrogen and oxygen atoms in total. The van der Waals surface area contributed by atoms with Gasteiger partial charge in [-0.15, -0.1) is 0 Å². The largest absolute Gasteiger partial charge is 0.354 e. The quantitative estimate of drug-likeness (QED) is 0.518. The monoisotopic (exact) mass is 434 g/mol. The molecule has 2 rings (SSSR count). The van der Waals surface area contributed by atoms with Gasteiger partial charge < -0.3 is 10.2 Å². The smallest absolute Gasteiger partial charge is 0.242 e. The van der Waals surface area contributed by atoms with Crippen LogP contribution in [0.2, 0.25) is 10.0 Å². The first-order valence-electron chi connectivity index (χ1n) is 10.0. The lowest BCUT2D eigenvalue weighted by molar-refractivity contribution is -0.140. The summed E-state index contributed by atoms with van der Waals surface area (Å²) in [4.78, 5) is 27.7. The average molecular weight is 435 g/mol. The van der Waals surface area contributed by atoms with Gasteiger partial charge in [0.2, 0.25) is 11.8 Å². The molecule has 0 saturated carbocycles. The van der Waals surface area contributed by atoms with Crippen molar-refractivity contribution in [3.63, 3.8) is 0 Å². The van der Waals surface area contributed by atoms with E-state index in [4.69, 9.17) is 23.2 Å². The van der Waals surface area contributed by atoms with E-state index in [9.17, 15) is 9.59 Å².